The molecule has 1 aliphatic heterocycles. The van der Waals surface area contributed by atoms with E-state index >= 15 is 0 Å². The van der Waals surface area contributed by atoms with Crippen LogP contribution in [0.2, 0.25) is 0 Å². The van der Waals surface area contributed by atoms with Crippen molar-refractivity contribution in [3.63, 3.8) is 0 Å². The van der Waals surface area contributed by atoms with E-state index < -0.39 is 5.54 Å². The van der Waals surface area contributed by atoms with Gasteiger partial charge in [0.15, 0.2) is 5.82 Å². The van der Waals surface area contributed by atoms with Gasteiger partial charge in [-0.2, -0.15) is 4.98 Å². The minimum Gasteiger partial charge on any atom is -0.340 e. The molecule has 2 fully saturated rings. The summed E-state index contributed by atoms with van der Waals surface area (Å²) in [5.74, 6) is 1.56. The maximum absolute atomic E-state index is 12.6. The molecular weight excluding hydrogens is 256 g/mol. The van der Waals surface area contributed by atoms with Crippen molar-refractivity contribution in [2.24, 2.45) is 5.73 Å². The van der Waals surface area contributed by atoms with Crippen LogP contribution in [0.4, 0.5) is 0 Å². The lowest BCUT2D eigenvalue weighted by molar-refractivity contribution is -0.138. The predicted molar refractivity (Wildman–Crippen MR) is 73.0 cm³/mol. The van der Waals surface area contributed by atoms with E-state index in [0.717, 1.165) is 45.1 Å². The third-order valence-electron chi connectivity index (χ3n) is 4.52. The van der Waals surface area contributed by atoms with Gasteiger partial charge in [-0.15, -0.1) is 0 Å². The van der Waals surface area contributed by atoms with Gasteiger partial charge < -0.3 is 15.2 Å². The molecule has 1 saturated heterocycles. The summed E-state index contributed by atoms with van der Waals surface area (Å²) < 4.78 is 5.25. The molecule has 1 saturated carbocycles. The Morgan fingerprint density at radius 3 is 2.80 bits per heavy atom. The van der Waals surface area contributed by atoms with Gasteiger partial charge in [0.25, 0.3) is 0 Å². The number of aryl methyl sites for hydroxylation is 1. The van der Waals surface area contributed by atoms with Gasteiger partial charge in [0.2, 0.25) is 11.8 Å². The predicted octanol–water partition coefficient (Wildman–Crippen LogP) is 1.36. The second kappa shape index (κ2) is 5.16. The summed E-state index contributed by atoms with van der Waals surface area (Å²) in [6.07, 6.45) is 5.70. The lowest BCUT2D eigenvalue weighted by Crippen LogP contribution is -2.55. The standard InChI is InChI=1S/C14H22N4O2/c1-10-16-12(20-17-10)11-5-4-8-18(9-11)13(19)14(15)6-2-3-7-14/h11H,2-9,15H2,1H3. The minimum atomic E-state index is -0.632. The molecule has 1 amide bonds. The summed E-state index contributed by atoms with van der Waals surface area (Å²) >= 11 is 0. The molecule has 1 atom stereocenters. The van der Waals surface area contributed by atoms with E-state index in [0.29, 0.717) is 18.3 Å². The largest absolute Gasteiger partial charge is 0.340 e. The molecule has 6 heteroatoms. The summed E-state index contributed by atoms with van der Waals surface area (Å²) in [7, 11) is 0. The molecule has 110 valence electrons. The first-order valence-electron chi connectivity index (χ1n) is 7.47. The first-order chi connectivity index (χ1) is 9.58. The fourth-order valence-corrected chi connectivity index (χ4v) is 3.38. The van der Waals surface area contributed by atoms with Gasteiger partial charge in [-0.25, -0.2) is 0 Å². The molecule has 1 aliphatic carbocycles. The molecule has 20 heavy (non-hydrogen) atoms. The summed E-state index contributed by atoms with van der Waals surface area (Å²) in [4.78, 5) is 18.8. The number of aromatic nitrogens is 2. The highest BCUT2D eigenvalue weighted by atomic mass is 16.5. The molecule has 1 unspecified atom stereocenters. The number of rotatable bonds is 2. The molecule has 3 rings (SSSR count). The second-order valence-corrected chi connectivity index (χ2v) is 6.13. The third-order valence-corrected chi connectivity index (χ3v) is 4.52. The topological polar surface area (TPSA) is 85.2 Å². The molecule has 6 nitrogen and oxygen atoms in total. The normalized spacial score (nSPS) is 25.9. The van der Waals surface area contributed by atoms with Gasteiger partial charge >= 0.3 is 0 Å². The van der Waals surface area contributed by atoms with Crippen LogP contribution >= 0.6 is 0 Å². The highest BCUT2D eigenvalue weighted by Crippen LogP contribution is 2.32. The molecule has 2 aliphatic rings. The highest BCUT2D eigenvalue weighted by molar-refractivity contribution is 5.86. The molecule has 0 aromatic carbocycles. The number of nitrogens with zero attached hydrogens (tertiary/aromatic N) is 3. The van der Waals surface area contributed by atoms with Gasteiger partial charge in [-0.3, -0.25) is 4.79 Å². The number of carbonyl (C=O) groups is 1. The summed E-state index contributed by atoms with van der Waals surface area (Å²) in [6.45, 7) is 3.26. The van der Waals surface area contributed by atoms with Gasteiger partial charge in [-0.05, 0) is 32.6 Å². The summed E-state index contributed by atoms with van der Waals surface area (Å²) in [5, 5.41) is 3.84. The number of hydrogen-bond donors (Lipinski definition) is 1. The van der Waals surface area contributed by atoms with Crippen LogP contribution in [0.25, 0.3) is 0 Å². The first kappa shape index (κ1) is 13.5. The van der Waals surface area contributed by atoms with Crippen LogP contribution in [0.3, 0.4) is 0 Å². The monoisotopic (exact) mass is 278 g/mol. The average molecular weight is 278 g/mol. The molecule has 2 heterocycles. The molecule has 2 N–H and O–H groups in total. The Labute approximate surface area is 118 Å². The lowest BCUT2D eigenvalue weighted by atomic mass is 9.92. The molecule has 1 aromatic rings. The SMILES string of the molecule is Cc1noc(C2CCCN(C(=O)C3(N)CCCC3)C2)n1. The number of nitrogens with two attached hydrogens (primary N) is 1. The molecule has 0 spiro atoms. The van der Waals surface area contributed by atoms with Crippen molar-refractivity contribution in [2.75, 3.05) is 13.1 Å². The minimum absolute atomic E-state index is 0.107. The Morgan fingerprint density at radius 1 is 1.40 bits per heavy atom. The van der Waals surface area contributed by atoms with Crippen molar-refractivity contribution in [2.45, 2.75) is 56.9 Å². The smallest absolute Gasteiger partial charge is 0.242 e. The second-order valence-electron chi connectivity index (χ2n) is 6.13. The van der Waals surface area contributed by atoms with E-state index in [1.807, 2.05) is 11.8 Å². The van der Waals surface area contributed by atoms with E-state index in [1.165, 1.54) is 0 Å². The Balaban J connectivity index is 1.70. The Morgan fingerprint density at radius 2 is 2.15 bits per heavy atom. The van der Waals surface area contributed by atoms with Crippen molar-refractivity contribution in [3.8, 4) is 0 Å². The molecule has 1 aromatic heterocycles. The van der Waals surface area contributed by atoms with Gasteiger partial charge in [0.1, 0.15) is 0 Å². The quantitative estimate of drug-likeness (QED) is 0.882. The third kappa shape index (κ3) is 2.44. The number of carbonyl (C=O) groups excluding carboxylic acids is 1. The zero-order chi connectivity index (χ0) is 14.2. The Kier molecular flexibility index (Phi) is 3.50. The average Bonchev–Trinajstić information content (AvgIpc) is 3.08. The zero-order valence-corrected chi connectivity index (χ0v) is 12.0. The Hall–Kier alpha value is -1.43. The maximum Gasteiger partial charge on any atom is 0.242 e. The van der Waals surface area contributed by atoms with Gasteiger partial charge in [0, 0.05) is 13.1 Å². The zero-order valence-electron chi connectivity index (χ0n) is 12.0. The van der Waals surface area contributed by atoms with Gasteiger partial charge in [-0.1, -0.05) is 18.0 Å². The van der Waals surface area contributed by atoms with Crippen LogP contribution in [-0.2, 0) is 4.79 Å². The first-order valence-corrected chi connectivity index (χ1v) is 7.47. The van der Waals surface area contributed by atoms with Crippen LogP contribution in [0.1, 0.15) is 56.2 Å². The van der Waals surface area contributed by atoms with Gasteiger partial charge in [0.05, 0.1) is 11.5 Å². The van der Waals surface area contributed by atoms with E-state index in [-0.39, 0.29) is 11.8 Å². The van der Waals surface area contributed by atoms with Crippen molar-refractivity contribution in [1.82, 2.24) is 15.0 Å². The van der Waals surface area contributed by atoms with E-state index in [4.69, 9.17) is 10.3 Å². The van der Waals surface area contributed by atoms with E-state index in [1.54, 1.807) is 0 Å². The van der Waals surface area contributed by atoms with Crippen LogP contribution < -0.4 is 5.73 Å². The van der Waals surface area contributed by atoms with Crippen molar-refractivity contribution in [1.29, 1.82) is 0 Å². The summed E-state index contributed by atoms with van der Waals surface area (Å²) in [6, 6.07) is 0. The van der Waals surface area contributed by atoms with Crippen molar-refractivity contribution < 1.29 is 9.32 Å². The number of amides is 1. The fourth-order valence-electron chi connectivity index (χ4n) is 3.38. The molecule has 0 bridgehead atoms. The van der Waals surface area contributed by atoms with Crippen molar-refractivity contribution in [3.05, 3.63) is 11.7 Å². The Bertz CT molecular complexity index is 493. The maximum atomic E-state index is 12.6. The van der Waals surface area contributed by atoms with E-state index in [2.05, 4.69) is 10.1 Å². The van der Waals surface area contributed by atoms with E-state index in [9.17, 15) is 4.79 Å². The summed E-state index contributed by atoms with van der Waals surface area (Å²) in [5.41, 5.74) is 5.65. The van der Waals surface area contributed by atoms with Crippen LogP contribution in [0.5, 0.6) is 0 Å². The van der Waals surface area contributed by atoms with Crippen LogP contribution in [0, 0.1) is 6.92 Å². The number of likely N-dealkylation sites (tertiary alicyclic amines) is 1. The highest BCUT2D eigenvalue weighted by Gasteiger charge is 2.41. The number of hydrogen-bond acceptors (Lipinski definition) is 5. The lowest BCUT2D eigenvalue weighted by Gasteiger charge is -2.36. The van der Waals surface area contributed by atoms with Crippen LogP contribution in [0.15, 0.2) is 4.52 Å². The number of piperidine rings is 1. The fraction of sp³-hybridized carbons (Fsp3) is 0.786. The molecular formula is C14H22N4O2. The van der Waals surface area contributed by atoms with Crippen LogP contribution in [-0.4, -0.2) is 39.6 Å². The molecule has 0 radical (unpaired) electrons. The van der Waals surface area contributed by atoms with Crippen molar-refractivity contribution >= 4 is 5.91 Å².